The molecule has 1 unspecified atom stereocenters. The summed E-state index contributed by atoms with van der Waals surface area (Å²) in [5.41, 5.74) is 7.47. The first kappa shape index (κ1) is 16.7. The summed E-state index contributed by atoms with van der Waals surface area (Å²) in [5, 5.41) is 0. The van der Waals surface area contributed by atoms with E-state index in [2.05, 4.69) is 36.5 Å². The van der Waals surface area contributed by atoms with Crippen molar-refractivity contribution in [2.75, 3.05) is 0 Å². The number of hydrazine groups is 1. The molecule has 0 aliphatic rings. The van der Waals surface area contributed by atoms with Gasteiger partial charge in [-0.3, -0.25) is 10.2 Å². The van der Waals surface area contributed by atoms with E-state index in [4.69, 9.17) is 0 Å². The number of rotatable bonds is 6. The first-order valence-electron chi connectivity index (χ1n) is 5.88. The number of nitrogens with one attached hydrogen (secondary N) is 2. The van der Waals surface area contributed by atoms with Gasteiger partial charge < -0.3 is 0 Å². The lowest BCUT2D eigenvalue weighted by Crippen LogP contribution is -2.45. The van der Waals surface area contributed by atoms with E-state index in [-0.39, 0.29) is 24.4 Å². The van der Waals surface area contributed by atoms with Gasteiger partial charge in [-0.25, -0.2) is 5.43 Å². The average Bonchev–Trinajstić information content (AvgIpc) is 2.35. The molecule has 100 valence electrons. The zero-order valence-electron chi connectivity index (χ0n) is 10.9. The van der Waals surface area contributed by atoms with E-state index in [1.807, 2.05) is 18.2 Å². The van der Waals surface area contributed by atoms with Crippen LogP contribution in [0.15, 0.2) is 42.5 Å². The number of amides is 1. The first-order chi connectivity index (χ1) is 8.13. The highest BCUT2D eigenvalue weighted by atomic mass is 35.5. The molecule has 0 radical (unpaired) electrons. The Balaban J connectivity index is 0.00000289. The predicted molar refractivity (Wildman–Crippen MR) is 77.6 cm³/mol. The van der Waals surface area contributed by atoms with Gasteiger partial charge in [0.1, 0.15) is 0 Å². The van der Waals surface area contributed by atoms with Gasteiger partial charge in [0, 0.05) is 11.6 Å². The molecule has 0 saturated carbocycles. The van der Waals surface area contributed by atoms with Crippen LogP contribution < -0.4 is 10.9 Å². The Bertz CT molecular complexity index is 379. The summed E-state index contributed by atoms with van der Waals surface area (Å²) < 4.78 is 0. The van der Waals surface area contributed by atoms with Gasteiger partial charge in [0.25, 0.3) is 5.91 Å². The van der Waals surface area contributed by atoms with Crippen molar-refractivity contribution in [3.63, 3.8) is 0 Å². The van der Waals surface area contributed by atoms with Crippen LogP contribution in [0, 0.1) is 0 Å². The summed E-state index contributed by atoms with van der Waals surface area (Å²) in [6.45, 7) is 7.37. The lowest BCUT2D eigenvalue weighted by molar-refractivity contribution is -0.118. The van der Waals surface area contributed by atoms with Crippen LogP contribution in [-0.4, -0.2) is 11.9 Å². The average molecular weight is 269 g/mol. The largest absolute Gasteiger partial charge is 0.287 e. The molecule has 1 amide bonds. The zero-order valence-corrected chi connectivity index (χ0v) is 11.7. The molecule has 0 saturated heterocycles. The minimum absolute atomic E-state index is 0. The summed E-state index contributed by atoms with van der Waals surface area (Å²) in [4.78, 5) is 11.3. The number of hydrogen-bond acceptors (Lipinski definition) is 2. The Morgan fingerprint density at radius 1 is 1.33 bits per heavy atom. The smallest absolute Gasteiger partial charge is 0.260 e. The van der Waals surface area contributed by atoms with E-state index in [0.717, 1.165) is 12.8 Å². The molecule has 1 aromatic carbocycles. The lowest BCUT2D eigenvalue weighted by atomic mass is 10.0. The molecule has 3 nitrogen and oxygen atoms in total. The van der Waals surface area contributed by atoms with Crippen molar-refractivity contribution < 1.29 is 4.79 Å². The molecular weight excluding hydrogens is 248 g/mol. The standard InChI is InChI=1S/C14H20N2O.ClH/c1-4-13(15-16-14(17)11(2)3)10-12-8-6-5-7-9-12;/h5-9,13,15H,2,4,10H2,1,3H3,(H,16,17);1H. The summed E-state index contributed by atoms with van der Waals surface area (Å²) in [6.07, 6.45) is 1.85. The van der Waals surface area contributed by atoms with Crippen LogP contribution in [0.2, 0.25) is 0 Å². The van der Waals surface area contributed by atoms with E-state index >= 15 is 0 Å². The Kier molecular flexibility index (Phi) is 8.08. The SMILES string of the molecule is C=C(C)C(=O)NNC(CC)Cc1ccccc1.Cl. The van der Waals surface area contributed by atoms with Gasteiger partial charge in [-0.1, -0.05) is 43.8 Å². The van der Waals surface area contributed by atoms with Crippen molar-refractivity contribution in [2.45, 2.75) is 32.7 Å². The quantitative estimate of drug-likeness (QED) is 0.615. The van der Waals surface area contributed by atoms with Gasteiger partial charge in [0.05, 0.1) is 0 Å². The summed E-state index contributed by atoms with van der Waals surface area (Å²) >= 11 is 0. The molecule has 0 bridgehead atoms. The van der Waals surface area contributed by atoms with Crippen LogP contribution in [0.1, 0.15) is 25.8 Å². The Morgan fingerprint density at radius 3 is 2.44 bits per heavy atom. The third kappa shape index (κ3) is 5.84. The number of carbonyl (C=O) groups is 1. The molecule has 0 fully saturated rings. The molecule has 0 heterocycles. The van der Waals surface area contributed by atoms with E-state index < -0.39 is 0 Å². The van der Waals surface area contributed by atoms with Gasteiger partial charge in [-0.2, -0.15) is 0 Å². The molecule has 1 atom stereocenters. The topological polar surface area (TPSA) is 41.1 Å². The van der Waals surface area contributed by atoms with E-state index in [1.54, 1.807) is 6.92 Å². The fraction of sp³-hybridized carbons (Fsp3) is 0.357. The molecule has 18 heavy (non-hydrogen) atoms. The second-order valence-corrected chi connectivity index (χ2v) is 4.17. The first-order valence-corrected chi connectivity index (χ1v) is 5.88. The number of carbonyl (C=O) groups excluding carboxylic acids is 1. The molecule has 1 aromatic rings. The number of benzene rings is 1. The fourth-order valence-corrected chi connectivity index (χ4v) is 1.47. The minimum Gasteiger partial charge on any atom is -0.287 e. The summed E-state index contributed by atoms with van der Waals surface area (Å²) in [6, 6.07) is 10.5. The Labute approximate surface area is 115 Å². The molecule has 0 aliphatic heterocycles. The Hall–Kier alpha value is -1.32. The second-order valence-electron chi connectivity index (χ2n) is 4.17. The van der Waals surface area contributed by atoms with Crippen LogP contribution in [-0.2, 0) is 11.2 Å². The van der Waals surface area contributed by atoms with Gasteiger partial charge in [0.2, 0.25) is 0 Å². The van der Waals surface area contributed by atoms with E-state index in [0.29, 0.717) is 5.57 Å². The van der Waals surface area contributed by atoms with Crippen LogP contribution in [0.25, 0.3) is 0 Å². The highest BCUT2D eigenvalue weighted by Crippen LogP contribution is 2.04. The fourth-order valence-electron chi connectivity index (χ4n) is 1.47. The van der Waals surface area contributed by atoms with Crippen LogP contribution in [0.5, 0.6) is 0 Å². The maximum atomic E-state index is 11.3. The molecule has 0 aromatic heterocycles. The van der Waals surface area contributed by atoms with Gasteiger partial charge >= 0.3 is 0 Å². The summed E-state index contributed by atoms with van der Waals surface area (Å²) in [5.74, 6) is -0.156. The van der Waals surface area contributed by atoms with Crippen LogP contribution >= 0.6 is 12.4 Å². The number of halogens is 1. The van der Waals surface area contributed by atoms with Crippen molar-refractivity contribution in [1.29, 1.82) is 0 Å². The number of hydrogen-bond donors (Lipinski definition) is 2. The van der Waals surface area contributed by atoms with Gasteiger partial charge in [0.15, 0.2) is 0 Å². The van der Waals surface area contributed by atoms with Crippen molar-refractivity contribution in [1.82, 2.24) is 10.9 Å². The highest BCUT2D eigenvalue weighted by molar-refractivity contribution is 5.91. The maximum Gasteiger partial charge on any atom is 0.260 e. The van der Waals surface area contributed by atoms with Gasteiger partial charge in [-0.05, 0) is 25.3 Å². The molecule has 1 rings (SSSR count). The van der Waals surface area contributed by atoms with Gasteiger partial charge in [-0.15, -0.1) is 12.4 Å². The van der Waals surface area contributed by atoms with E-state index in [1.165, 1.54) is 5.56 Å². The second kappa shape index (κ2) is 8.72. The summed E-state index contributed by atoms with van der Waals surface area (Å²) in [7, 11) is 0. The lowest BCUT2D eigenvalue weighted by Gasteiger charge is -2.17. The third-order valence-electron chi connectivity index (χ3n) is 2.60. The van der Waals surface area contributed by atoms with Crippen molar-refractivity contribution in [3.05, 3.63) is 48.0 Å². The van der Waals surface area contributed by atoms with Crippen molar-refractivity contribution in [2.24, 2.45) is 0 Å². The van der Waals surface area contributed by atoms with Crippen molar-refractivity contribution in [3.8, 4) is 0 Å². The molecule has 2 N–H and O–H groups in total. The molecule has 0 aliphatic carbocycles. The van der Waals surface area contributed by atoms with Crippen molar-refractivity contribution >= 4 is 18.3 Å². The zero-order chi connectivity index (χ0) is 12.7. The molecule has 4 heteroatoms. The van der Waals surface area contributed by atoms with Crippen LogP contribution in [0.4, 0.5) is 0 Å². The molecule has 0 spiro atoms. The Morgan fingerprint density at radius 2 is 1.94 bits per heavy atom. The molecular formula is C14H21ClN2O. The monoisotopic (exact) mass is 268 g/mol. The van der Waals surface area contributed by atoms with Crippen LogP contribution in [0.3, 0.4) is 0 Å². The highest BCUT2D eigenvalue weighted by Gasteiger charge is 2.08. The predicted octanol–water partition coefficient (Wildman–Crippen LogP) is 2.63. The normalized spacial score (nSPS) is 11.2. The van der Waals surface area contributed by atoms with E-state index in [9.17, 15) is 4.79 Å². The third-order valence-corrected chi connectivity index (χ3v) is 2.60. The minimum atomic E-state index is -0.156. The maximum absolute atomic E-state index is 11.3.